The van der Waals surface area contributed by atoms with Crippen LogP contribution in [0.5, 0.6) is 0 Å². The van der Waals surface area contributed by atoms with Crippen molar-refractivity contribution >= 4 is 11.6 Å². The fraction of sp³-hybridized carbons (Fsp3) is 0.692. The van der Waals surface area contributed by atoms with Crippen LogP contribution in [0.3, 0.4) is 0 Å². The first-order chi connectivity index (χ1) is 8.13. The Morgan fingerprint density at radius 1 is 1.59 bits per heavy atom. The van der Waals surface area contributed by atoms with E-state index in [0.29, 0.717) is 17.7 Å². The lowest BCUT2D eigenvalue weighted by Gasteiger charge is -2.39. The Morgan fingerprint density at radius 2 is 2.41 bits per heavy atom. The molecule has 96 valence electrons. The van der Waals surface area contributed by atoms with Crippen molar-refractivity contribution in [1.29, 1.82) is 0 Å². The Hall–Kier alpha value is -0.510. The summed E-state index contributed by atoms with van der Waals surface area (Å²) >= 11 is 5.73. The second-order valence-corrected chi connectivity index (χ2v) is 5.57. The number of aliphatic hydroxyl groups is 1. The van der Waals surface area contributed by atoms with E-state index in [2.05, 4.69) is 12.2 Å². The molecule has 2 rings (SSSR count). The van der Waals surface area contributed by atoms with Crippen LogP contribution in [0.15, 0.2) is 16.5 Å². The normalized spacial score (nSPS) is 29.5. The zero-order valence-electron chi connectivity index (χ0n) is 10.2. The molecule has 0 radical (unpaired) electrons. The van der Waals surface area contributed by atoms with Gasteiger partial charge in [-0.25, -0.2) is 0 Å². The first kappa shape index (κ1) is 12.9. The van der Waals surface area contributed by atoms with Gasteiger partial charge in [0, 0.05) is 5.54 Å². The summed E-state index contributed by atoms with van der Waals surface area (Å²) in [6.07, 6.45) is 4.49. The lowest BCUT2D eigenvalue weighted by molar-refractivity contribution is 0.0964. The first-order valence-corrected chi connectivity index (χ1v) is 6.61. The molecule has 17 heavy (non-hydrogen) atoms. The van der Waals surface area contributed by atoms with E-state index in [1.807, 2.05) is 6.07 Å². The van der Waals surface area contributed by atoms with E-state index in [9.17, 15) is 5.11 Å². The number of nitrogens with one attached hydrogen (secondary N) is 1. The van der Waals surface area contributed by atoms with E-state index in [-0.39, 0.29) is 12.1 Å². The van der Waals surface area contributed by atoms with Crippen molar-refractivity contribution in [3.05, 3.63) is 23.1 Å². The first-order valence-electron chi connectivity index (χ1n) is 6.24. The zero-order valence-corrected chi connectivity index (χ0v) is 11.0. The van der Waals surface area contributed by atoms with E-state index < -0.39 is 0 Å². The lowest BCUT2D eigenvalue weighted by Crippen LogP contribution is -2.51. The summed E-state index contributed by atoms with van der Waals surface area (Å²) in [5.74, 6) is 1.49. The maximum atomic E-state index is 9.62. The van der Waals surface area contributed by atoms with Gasteiger partial charge in [0.1, 0.15) is 5.76 Å². The Kier molecular flexibility index (Phi) is 4.13. The van der Waals surface area contributed by atoms with Crippen LogP contribution in [-0.4, -0.2) is 17.3 Å². The molecule has 1 fully saturated rings. The Morgan fingerprint density at radius 3 is 3.00 bits per heavy atom. The van der Waals surface area contributed by atoms with E-state index in [1.165, 1.54) is 12.8 Å². The zero-order chi connectivity index (χ0) is 12.3. The number of aliphatic hydroxyl groups excluding tert-OH is 1. The highest BCUT2D eigenvalue weighted by atomic mass is 35.5. The Bertz CT molecular complexity index is 366. The lowest BCUT2D eigenvalue weighted by atomic mass is 9.77. The van der Waals surface area contributed by atoms with Crippen LogP contribution < -0.4 is 5.32 Å². The molecular formula is C13H20ClNO2. The second kappa shape index (κ2) is 5.42. The molecule has 1 heterocycles. The smallest absolute Gasteiger partial charge is 0.193 e. The van der Waals surface area contributed by atoms with Crippen LogP contribution >= 0.6 is 11.6 Å². The molecule has 1 saturated carbocycles. The third-order valence-corrected chi connectivity index (χ3v) is 3.86. The fourth-order valence-electron chi connectivity index (χ4n) is 2.74. The Labute approximate surface area is 107 Å². The van der Waals surface area contributed by atoms with Crippen LogP contribution in [0.4, 0.5) is 0 Å². The number of hydrogen-bond donors (Lipinski definition) is 2. The molecule has 0 aromatic carbocycles. The summed E-state index contributed by atoms with van der Waals surface area (Å²) in [5, 5.41) is 13.5. The van der Waals surface area contributed by atoms with E-state index in [4.69, 9.17) is 16.0 Å². The predicted octanol–water partition coefficient (Wildman–Crippen LogP) is 2.96. The molecule has 0 aliphatic heterocycles. The molecule has 1 aliphatic carbocycles. The van der Waals surface area contributed by atoms with Gasteiger partial charge in [0.15, 0.2) is 5.22 Å². The van der Waals surface area contributed by atoms with Gasteiger partial charge < -0.3 is 14.8 Å². The molecule has 0 bridgehead atoms. The molecule has 0 saturated heterocycles. The van der Waals surface area contributed by atoms with Crippen molar-refractivity contribution in [2.24, 2.45) is 5.92 Å². The third kappa shape index (κ3) is 3.24. The highest BCUT2D eigenvalue weighted by Crippen LogP contribution is 2.32. The SMILES string of the molecule is CC1CCCC(CO)(NCc2ccc(Cl)o2)C1. The summed E-state index contributed by atoms with van der Waals surface area (Å²) in [4.78, 5) is 0. The molecule has 2 N–H and O–H groups in total. The summed E-state index contributed by atoms with van der Waals surface area (Å²) in [6.45, 7) is 3.06. The Balaban J connectivity index is 1.94. The maximum absolute atomic E-state index is 9.62. The molecule has 0 amide bonds. The quantitative estimate of drug-likeness (QED) is 0.872. The number of rotatable bonds is 4. The van der Waals surface area contributed by atoms with Gasteiger partial charge in [-0.1, -0.05) is 19.8 Å². The summed E-state index contributed by atoms with van der Waals surface area (Å²) in [6, 6.07) is 3.61. The minimum absolute atomic E-state index is 0.142. The van der Waals surface area contributed by atoms with Crippen LogP contribution in [0.25, 0.3) is 0 Å². The van der Waals surface area contributed by atoms with Crippen molar-refractivity contribution in [3.8, 4) is 0 Å². The van der Waals surface area contributed by atoms with E-state index in [1.54, 1.807) is 6.07 Å². The van der Waals surface area contributed by atoms with Crippen LogP contribution in [0.2, 0.25) is 5.22 Å². The maximum Gasteiger partial charge on any atom is 0.193 e. The second-order valence-electron chi connectivity index (χ2n) is 5.20. The average molecular weight is 258 g/mol. The summed E-state index contributed by atoms with van der Waals surface area (Å²) in [5.41, 5.74) is -0.142. The van der Waals surface area contributed by atoms with Crippen molar-refractivity contribution < 1.29 is 9.52 Å². The number of hydrogen-bond acceptors (Lipinski definition) is 3. The van der Waals surface area contributed by atoms with Crippen LogP contribution in [0.1, 0.15) is 38.4 Å². The van der Waals surface area contributed by atoms with E-state index in [0.717, 1.165) is 18.6 Å². The molecule has 0 spiro atoms. The standard InChI is InChI=1S/C13H20ClNO2/c1-10-3-2-6-13(7-10,9-16)15-8-11-4-5-12(14)17-11/h4-5,10,15-16H,2-3,6-9H2,1H3. The topological polar surface area (TPSA) is 45.4 Å². The molecule has 4 heteroatoms. The van der Waals surface area contributed by atoms with Gasteiger partial charge in [-0.15, -0.1) is 0 Å². The predicted molar refractivity (Wildman–Crippen MR) is 68.0 cm³/mol. The van der Waals surface area contributed by atoms with Gasteiger partial charge in [0.2, 0.25) is 0 Å². The van der Waals surface area contributed by atoms with Crippen molar-refractivity contribution in [2.75, 3.05) is 6.61 Å². The van der Waals surface area contributed by atoms with Gasteiger partial charge in [0.05, 0.1) is 13.2 Å². The molecule has 2 unspecified atom stereocenters. The van der Waals surface area contributed by atoms with Gasteiger partial charge in [-0.2, -0.15) is 0 Å². The van der Waals surface area contributed by atoms with Gasteiger partial charge in [-0.3, -0.25) is 0 Å². The fourth-order valence-corrected chi connectivity index (χ4v) is 2.90. The number of furan rings is 1. The van der Waals surface area contributed by atoms with Gasteiger partial charge in [-0.05, 0) is 42.5 Å². The molecule has 1 aromatic rings. The van der Waals surface area contributed by atoms with Gasteiger partial charge >= 0.3 is 0 Å². The van der Waals surface area contributed by atoms with Crippen LogP contribution in [-0.2, 0) is 6.54 Å². The number of halogens is 1. The summed E-state index contributed by atoms with van der Waals surface area (Å²) < 4.78 is 5.31. The van der Waals surface area contributed by atoms with Crippen LogP contribution in [0, 0.1) is 5.92 Å². The monoisotopic (exact) mass is 257 g/mol. The molecule has 1 aromatic heterocycles. The third-order valence-electron chi connectivity index (χ3n) is 3.66. The summed E-state index contributed by atoms with van der Waals surface area (Å²) in [7, 11) is 0. The van der Waals surface area contributed by atoms with E-state index >= 15 is 0 Å². The molecular weight excluding hydrogens is 238 g/mol. The highest BCUT2D eigenvalue weighted by Gasteiger charge is 2.33. The highest BCUT2D eigenvalue weighted by molar-refractivity contribution is 6.28. The molecule has 2 atom stereocenters. The molecule has 3 nitrogen and oxygen atoms in total. The van der Waals surface area contributed by atoms with Crippen molar-refractivity contribution in [2.45, 2.75) is 44.7 Å². The van der Waals surface area contributed by atoms with Crippen molar-refractivity contribution in [3.63, 3.8) is 0 Å². The van der Waals surface area contributed by atoms with Crippen molar-refractivity contribution in [1.82, 2.24) is 5.32 Å². The molecule has 1 aliphatic rings. The minimum atomic E-state index is -0.142. The van der Waals surface area contributed by atoms with Gasteiger partial charge in [0.25, 0.3) is 0 Å². The largest absolute Gasteiger partial charge is 0.448 e. The minimum Gasteiger partial charge on any atom is -0.448 e. The average Bonchev–Trinajstić information content (AvgIpc) is 2.73.